The quantitative estimate of drug-likeness (QED) is 0.374. The summed E-state index contributed by atoms with van der Waals surface area (Å²) in [5, 5.41) is 1.98. The molecule has 0 unspecified atom stereocenters. The number of hydrogen-bond acceptors (Lipinski definition) is 1. The third-order valence-corrected chi connectivity index (χ3v) is 6.09. The number of carbonyl (C=O) groups excluding carboxylic acids is 1. The highest BCUT2D eigenvalue weighted by Crippen LogP contribution is 2.35. The van der Waals surface area contributed by atoms with Crippen molar-refractivity contribution in [2.45, 2.75) is 19.9 Å². The number of fused-ring (bicyclic) bond motifs is 3. The molecule has 0 bridgehead atoms. The van der Waals surface area contributed by atoms with Crippen LogP contribution in [0, 0.1) is 0 Å². The molecule has 0 radical (unpaired) electrons. The number of primary amides is 1. The van der Waals surface area contributed by atoms with Gasteiger partial charge in [0.15, 0.2) is 0 Å². The molecular weight excluding hydrogens is 380 g/mol. The first kappa shape index (κ1) is 19.1. The molecule has 0 aliphatic carbocycles. The normalized spacial score (nSPS) is 11.3. The van der Waals surface area contributed by atoms with E-state index in [-0.39, 0.29) is 0 Å². The summed E-state index contributed by atoms with van der Waals surface area (Å²) in [6, 6.07) is 31.2. The van der Waals surface area contributed by atoms with Crippen molar-refractivity contribution in [3.05, 3.63) is 108 Å². The molecule has 0 atom stereocenters. The van der Waals surface area contributed by atoms with Crippen molar-refractivity contribution in [1.82, 2.24) is 4.57 Å². The molecule has 0 saturated heterocycles. The standard InChI is InChI=1S/C28H24N2O/c1-2-19-9-6-7-12-22(19)18-30-25-14-8-13-24(28(29)31)27(25)23-16-15-21(17-26(23)30)20-10-4-3-5-11-20/h3-17H,2,18H2,1H3,(H2,29,31). The molecule has 0 saturated carbocycles. The Morgan fingerprint density at radius 1 is 0.774 bits per heavy atom. The maximum absolute atomic E-state index is 12.2. The van der Waals surface area contributed by atoms with Crippen LogP contribution in [0.25, 0.3) is 32.9 Å². The van der Waals surface area contributed by atoms with Gasteiger partial charge in [0.25, 0.3) is 0 Å². The predicted molar refractivity (Wildman–Crippen MR) is 128 cm³/mol. The second kappa shape index (κ2) is 7.77. The first-order chi connectivity index (χ1) is 15.2. The van der Waals surface area contributed by atoms with Crippen LogP contribution < -0.4 is 5.73 Å². The van der Waals surface area contributed by atoms with Crippen molar-refractivity contribution < 1.29 is 4.79 Å². The van der Waals surface area contributed by atoms with Gasteiger partial charge in [-0.15, -0.1) is 0 Å². The number of nitrogens with two attached hydrogens (primary N) is 1. The van der Waals surface area contributed by atoms with E-state index in [9.17, 15) is 4.79 Å². The molecule has 5 rings (SSSR count). The number of nitrogens with zero attached hydrogens (tertiary/aromatic N) is 1. The molecule has 1 heterocycles. The molecule has 1 aromatic heterocycles. The van der Waals surface area contributed by atoms with Gasteiger partial charge in [0.2, 0.25) is 5.91 Å². The van der Waals surface area contributed by atoms with Gasteiger partial charge in [-0.05, 0) is 46.9 Å². The van der Waals surface area contributed by atoms with Crippen molar-refractivity contribution in [1.29, 1.82) is 0 Å². The fourth-order valence-corrected chi connectivity index (χ4v) is 4.56. The number of benzene rings is 4. The maximum atomic E-state index is 12.2. The zero-order chi connectivity index (χ0) is 21.4. The summed E-state index contributed by atoms with van der Waals surface area (Å²) < 4.78 is 2.32. The molecule has 0 aliphatic heterocycles. The summed E-state index contributed by atoms with van der Waals surface area (Å²) in [6.45, 7) is 2.92. The lowest BCUT2D eigenvalue weighted by atomic mass is 10.0. The highest BCUT2D eigenvalue weighted by Gasteiger charge is 2.17. The topological polar surface area (TPSA) is 48.0 Å². The van der Waals surface area contributed by atoms with Gasteiger partial charge >= 0.3 is 0 Å². The first-order valence-corrected chi connectivity index (χ1v) is 10.6. The fourth-order valence-electron chi connectivity index (χ4n) is 4.56. The minimum atomic E-state index is -0.397. The number of rotatable bonds is 5. The molecule has 5 aromatic rings. The maximum Gasteiger partial charge on any atom is 0.249 e. The second-order valence-corrected chi connectivity index (χ2v) is 7.87. The molecule has 4 aromatic carbocycles. The highest BCUT2D eigenvalue weighted by molar-refractivity contribution is 6.18. The van der Waals surface area contributed by atoms with Crippen LogP contribution in [-0.4, -0.2) is 10.5 Å². The van der Waals surface area contributed by atoms with E-state index in [1.807, 2.05) is 18.2 Å². The Kier molecular flexibility index (Phi) is 4.79. The van der Waals surface area contributed by atoms with Crippen molar-refractivity contribution in [2.24, 2.45) is 5.73 Å². The summed E-state index contributed by atoms with van der Waals surface area (Å²) in [6.07, 6.45) is 0.981. The van der Waals surface area contributed by atoms with E-state index in [4.69, 9.17) is 5.73 Å². The van der Waals surface area contributed by atoms with Gasteiger partial charge in [-0.1, -0.05) is 79.7 Å². The fraction of sp³-hybridized carbons (Fsp3) is 0.107. The van der Waals surface area contributed by atoms with E-state index >= 15 is 0 Å². The molecule has 3 heteroatoms. The van der Waals surface area contributed by atoms with Gasteiger partial charge in [0.05, 0.1) is 11.0 Å². The monoisotopic (exact) mass is 404 g/mol. The van der Waals surface area contributed by atoms with Gasteiger partial charge in [-0.2, -0.15) is 0 Å². The van der Waals surface area contributed by atoms with Crippen LogP contribution >= 0.6 is 0 Å². The Hall–Kier alpha value is -3.85. The molecule has 0 fully saturated rings. The number of aromatic nitrogens is 1. The molecule has 2 N–H and O–H groups in total. The second-order valence-electron chi connectivity index (χ2n) is 7.87. The van der Waals surface area contributed by atoms with Crippen molar-refractivity contribution in [2.75, 3.05) is 0 Å². The van der Waals surface area contributed by atoms with E-state index in [0.29, 0.717) is 5.56 Å². The van der Waals surface area contributed by atoms with E-state index < -0.39 is 5.91 Å². The minimum Gasteiger partial charge on any atom is -0.366 e. The smallest absolute Gasteiger partial charge is 0.249 e. The van der Waals surface area contributed by atoms with E-state index in [1.54, 1.807) is 0 Å². The highest BCUT2D eigenvalue weighted by atomic mass is 16.1. The lowest BCUT2D eigenvalue weighted by Gasteiger charge is -2.12. The summed E-state index contributed by atoms with van der Waals surface area (Å²) in [5.74, 6) is -0.397. The Morgan fingerprint density at radius 3 is 2.26 bits per heavy atom. The summed E-state index contributed by atoms with van der Waals surface area (Å²) in [4.78, 5) is 12.2. The van der Waals surface area contributed by atoms with Gasteiger partial charge < -0.3 is 10.3 Å². The van der Waals surface area contributed by atoms with E-state index in [2.05, 4.69) is 84.3 Å². The summed E-state index contributed by atoms with van der Waals surface area (Å²) >= 11 is 0. The van der Waals surface area contributed by atoms with Crippen molar-refractivity contribution in [3.63, 3.8) is 0 Å². The lowest BCUT2D eigenvalue weighted by molar-refractivity contribution is 0.100. The third-order valence-electron chi connectivity index (χ3n) is 6.09. The minimum absolute atomic E-state index is 0.397. The van der Waals surface area contributed by atoms with Crippen LogP contribution in [0.3, 0.4) is 0 Å². The Labute approximate surface area is 181 Å². The molecule has 0 spiro atoms. The van der Waals surface area contributed by atoms with Crippen molar-refractivity contribution in [3.8, 4) is 11.1 Å². The number of carbonyl (C=O) groups is 1. The number of amides is 1. The van der Waals surface area contributed by atoms with Crippen LogP contribution in [0.15, 0.2) is 91.0 Å². The van der Waals surface area contributed by atoms with Crippen LogP contribution in [0.2, 0.25) is 0 Å². The van der Waals surface area contributed by atoms with Crippen LogP contribution in [0.5, 0.6) is 0 Å². The van der Waals surface area contributed by atoms with Gasteiger partial charge in [0.1, 0.15) is 0 Å². The zero-order valence-electron chi connectivity index (χ0n) is 17.5. The average Bonchev–Trinajstić information content (AvgIpc) is 3.13. The number of hydrogen-bond donors (Lipinski definition) is 1. The predicted octanol–water partition coefficient (Wildman–Crippen LogP) is 6.17. The van der Waals surface area contributed by atoms with Gasteiger partial charge in [-0.3, -0.25) is 4.79 Å². The van der Waals surface area contributed by atoms with Crippen LogP contribution in [-0.2, 0) is 13.0 Å². The van der Waals surface area contributed by atoms with Crippen LogP contribution in [0.4, 0.5) is 0 Å². The molecule has 1 amide bonds. The van der Waals surface area contributed by atoms with Gasteiger partial charge in [-0.25, -0.2) is 0 Å². The van der Waals surface area contributed by atoms with Gasteiger partial charge in [0, 0.05) is 22.9 Å². The largest absolute Gasteiger partial charge is 0.366 e. The third kappa shape index (κ3) is 3.28. The average molecular weight is 405 g/mol. The Balaban J connectivity index is 1.82. The van der Waals surface area contributed by atoms with E-state index in [1.165, 1.54) is 16.7 Å². The van der Waals surface area contributed by atoms with Crippen LogP contribution in [0.1, 0.15) is 28.4 Å². The first-order valence-electron chi connectivity index (χ1n) is 10.6. The Morgan fingerprint density at radius 2 is 1.52 bits per heavy atom. The molecule has 3 nitrogen and oxygen atoms in total. The summed E-state index contributed by atoms with van der Waals surface area (Å²) in [5.41, 5.74) is 13.4. The molecule has 31 heavy (non-hydrogen) atoms. The molecule has 152 valence electrons. The molecule has 0 aliphatic rings. The molecular formula is C28H24N2O. The van der Waals surface area contributed by atoms with E-state index in [0.717, 1.165) is 40.3 Å². The number of aryl methyl sites for hydroxylation is 1. The zero-order valence-corrected chi connectivity index (χ0v) is 17.5. The lowest BCUT2D eigenvalue weighted by Crippen LogP contribution is -2.11. The van der Waals surface area contributed by atoms with Crippen molar-refractivity contribution >= 4 is 27.7 Å². The summed E-state index contributed by atoms with van der Waals surface area (Å²) in [7, 11) is 0. The Bertz CT molecular complexity index is 1410. The SMILES string of the molecule is CCc1ccccc1Cn1c2cc(-c3ccccc3)ccc2c2c(C(N)=O)cccc21.